The van der Waals surface area contributed by atoms with Gasteiger partial charge in [-0.1, -0.05) is 0 Å². The standard InChI is InChI=1S/C23H34N4O4S/c1-23(2,3)31-22(29)27(4)14-6-8-15(9-7-14)30-20-19-18-13(11-17(24)28)5-10-16(18)32-21(19)26-12-25-20/h12-15,17,28H,5-11,24H2,1-4H3. The molecule has 32 heavy (non-hydrogen) atoms. The molecule has 2 aromatic rings. The van der Waals surface area contributed by atoms with Gasteiger partial charge in [-0.25, -0.2) is 14.8 Å². The van der Waals surface area contributed by atoms with Gasteiger partial charge in [0.15, 0.2) is 0 Å². The van der Waals surface area contributed by atoms with Gasteiger partial charge in [-0.15, -0.1) is 11.3 Å². The number of aromatic nitrogens is 2. The third kappa shape index (κ3) is 5.00. The monoisotopic (exact) mass is 462 g/mol. The number of rotatable bonds is 5. The number of hydrogen-bond acceptors (Lipinski definition) is 8. The molecule has 9 heteroatoms. The summed E-state index contributed by atoms with van der Waals surface area (Å²) in [5.41, 5.74) is 6.40. The van der Waals surface area contributed by atoms with E-state index < -0.39 is 11.8 Å². The minimum absolute atomic E-state index is 0.0480. The third-order valence-electron chi connectivity index (χ3n) is 6.37. The second kappa shape index (κ2) is 9.11. The molecule has 0 spiro atoms. The van der Waals surface area contributed by atoms with E-state index in [4.69, 9.17) is 15.2 Å². The van der Waals surface area contributed by atoms with E-state index in [9.17, 15) is 9.90 Å². The SMILES string of the molecule is CN(C(=O)OC(C)(C)C)C1CCC(Oc2ncnc3sc4c(c23)C(CC(N)O)CC4)CC1. The summed E-state index contributed by atoms with van der Waals surface area (Å²) < 4.78 is 11.9. The Hall–Kier alpha value is -1.97. The van der Waals surface area contributed by atoms with E-state index in [0.29, 0.717) is 12.3 Å². The molecular formula is C23H34N4O4S. The van der Waals surface area contributed by atoms with Crippen LogP contribution in [0.5, 0.6) is 5.88 Å². The number of amides is 1. The van der Waals surface area contributed by atoms with Crippen LogP contribution < -0.4 is 10.5 Å². The lowest BCUT2D eigenvalue weighted by Gasteiger charge is -2.35. The van der Waals surface area contributed by atoms with Gasteiger partial charge < -0.3 is 25.2 Å². The Morgan fingerprint density at radius 3 is 2.66 bits per heavy atom. The second-order valence-corrected chi connectivity index (χ2v) is 11.1. The molecule has 1 saturated carbocycles. The third-order valence-corrected chi connectivity index (χ3v) is 7.55. The average molecular weight is 463 g/mol. The van der Waals surface area contributed by atoms with Crippen molar-refractivity contribution in [2.24, 2.45) is 5.73 Å². The largest absolute Gasteiger partial charge is 0.474 e. The minimum atomic E-state index is -0.827. The Labute approximate surface area is 193 Å². The number of fused-ring (bicyclic) bond motifs is 3. The Balaban J connectivity index is 1.44. The molecule has 0 radical (unpaired) electrons. The number of nitrogens with two attached hydrogens (primary N) is 1. The van der Waals surface area contributed by atoms with Crippen LogP contribution >= 0.6 is 11.3 Å². The zero-order valence-electron chi connectivity index (χ0n) is 19.3. The van der Waals surface area contributed by atoms with Crippen molar-refractivity contribution in [1.82, 2.24) is 14.9 Å². The lowest BCUT2D eigenvalue weighted by molar-refractivity contribution is 0.0137. The van der Waals surface area contributed by atoms with E-state index in [1.807, 2.05) is 27.8 Å². The predicted octanol–water partition coefficient (Wildman–Crippen LogP) is 3.95. The van der Waals surface area contributed by atoms with Crippen LogP contribution in [0.4, 0.5) is 4.79 Å². The van der Waals surface area contributed by atoms with Crippen molar-refractivity contribution in [1.29, 1.82) is 0 Å². The number of carbonyl (C=O) groups excluding carboxylic acids is 1. The number of aliphatic hydroxyl groups is 1. The minimum Gasteiger partial charge on any atom is -0.474 e. The topological polar surface area (TPSA) is 111 Å². The molecule has 0 saturated heterocycles. The highest BCUT2D eigenvalue weighted by Gasteiger charge is 2.33. The molecule has 176 valence electrons. The van der Waals surface area contributed by atoms with Gasteiger partial charge >= 0.3 is 6.09 Å². The maximum absolute atomic E-state index is 12.4. The summed E-state index contributed by atoms with van der Waals surface area (Å²) >= 11 is 1.69. The molecule has 0 aromatic carbocycles. The van der Waals surface area contributed by atoms with Gasteiger partial charge in [-0.05, 0) is 77.2 Å². The average Bonchev–Trinajstić information content (AvgIpc) is 3.26. The molecule has 3 N–H and O–H groups in total. The molecule has 1 fully saturated rings. The van der Waals surface area contributed by atoms with Crippen LogP contribution in [0.2, 0.25) is 0 Å². The number of aryl methyl sites for hydroxylation is 1. The predicted molar refractivity (Wildman–Crippen MR) is 124 cm³/mol. The highest BCUT2D eigenvalue weighted by molar-refractivity contribution is 7.19. The summed E-state index contributed by atoms with van der Waals surface area (Å²) in [7, 11) is 1.81. The molecule has 4 rings (SSSR count). The molecule has 2 atom stereocenters. The molecule has 2 unspecified atom stereocenters. The lowest BCUT2D eigenvalue weighted by Crippen LogP contribution is -2.43. The summed E-state index contributed by atoms with van der Waals surface area (Å²) in [5.74, 6) is 0.847. The van der Waals surface area contributed by atoms with Crippen molar-refractivity contribution < 1.29 is 19.4 Å². The lowest BCUT2D eigenvalue weighted by atomic mass is 9.92. The van der Waals surface area contributed by atoms with E-state index in [0.717, 1.165) is 48.7 Å². The second-order valence-electron chi connectivity index (χ2n) is 9.98. The van der Waals surface area contributed by atoms with Crippen molar-refractivity contribution in [3.63, 3.8) is 0 Å². The summed E-state index contributed by atoms with van der Waals surface area (Å²) in [4.78, 5) is 25.3. The maximum Gasteiger partial charge on any atom is 0.410 e. The number of carbonyl (C=O) groups is 1. The first kappa shape index (κ1) is 23.2. The Morgan fingerprint density at radius 2 is 2.00 bits per heavy atom. The fourth-order valence-corrected chi connectivity index (χ4v) is 6.08. The Kier molecular flexibility index (Phi) is 6.61. The van der Waals surface area contributed by atoms with E-state index in [1.54, 1.807) is 22.6 Å². The van der Waals surface area contributed by atoms with Crippen molar-refractivity contribution in [3.05, 3.63) is 16.8 Å². The zero-order valence-corrected chi connectivity index (χ0v) is 20.2. The van der Waals surface area contributed by atoms with Crippen LogP contribution in [-0.2, 0) is 11.2 Å². The van der Waals surface area contributed by atoms with Gasteiger partial charge in [0.25, 0.3) is 0 Å². The van der Waals surface area contributed by atoms with Gasteiger partial charge in [0.1, 0.15) is 29.1 Å². The van der Waals surface area contributed by atoms with E-state index >= 15 is 0 Å². The Bertz CT molecular complexity index is 963. The van der Waals surface area contributed by atoms with Crippen LogP contribution in [0.15, 0.2) is 6.33 Å². The van der Waals surface area contributed by atoms with E-state index in [-0.39, 0.29) is 24.2 Å². The normalized spacial score (nSPS) is 24.2. The number of ether oxygens (including phenoxy) is 2. The number of nitrogens with zero attached hydrogens (tertiary/aromatic N) is 3. The molecule has 0 bridgehead atoms. The molecule has 1 amide bonds. The molecule has 2 aromatic heterocycles. The highest BCUT2D eigenvalue weighted by Crippen LogP contribution is 2.47. The first-order chi connectivity index (χ1) is 15.1. The van der Waals surface area contributed by atoms with E-state index in [1.165, 1.54) is 10.4 Å². The molecular weight excluding hydrogens is 428 g/mol. The number of aliphatic hydroxyl groups excluding tert-OH is 1. The molecule has 0 aliphatic heterocycles. The van der Waals surface area contributed by atoms with Crippen molar-refractivity contribution >= 4 is 27.6 Å². The summed E-state index contributed by atoms with van der Waals surface area (Å²) in [6.07, 6.45) is 6.43. The summed E-state index contributed by atoms with van der Waals surface area (Å²) in [6, 6.07) is 0.149. The highest BCUT2D eigenvalue weighted by atomic mass is 32.1. The smallest absolute Gasteiger partial charge is 0.410 e. The molecule has 2 aliphatic rings. The maximum atomic E-state index is 12.4. The van der Waals surface area contributed by atoms with Gasteiger partial charge in [-0.2, -0.15) is 0 Å². The van der Waals surface area contributed by atoms with Crippen LogP contribution in [-0.4, -0.2) is 57.1 Å². The van der Waals surface area contributed by atoms with Crippen LogP contribution in [0.3, 0.4) is 0 Å². The quantitative estimate of drug-likeness (QED) is 0.647. The fourth-order valence-electron chi connectivity index (χ4n) is 4.85. The van der Waals surface area contributed by atoms with Gasteiger partial charge in [0.2, 0.25) is 5.88 Å². The van der Waals surface area contributed by atoms with Crippen LogP contribution in [0.25, 0.3) is 10.2 Å². The molecule has 2 aliphatic carbocycles. The van der Waals surface area contributed by atoms with Gasteiger partial charge in [0.05, 0.1) is 5.39 Å². The zero-order chi connectivity index (χ0) is 23.0. The van der Waals surface area contributed by atoms with Crippen molar-refractivity contribution in [3.8, 4) is 5.88 Å². The molecule has 8 nitrogen and oxygen atoms in total. The van der Waals surface area contributed by atoms with Crippen molar-refractivity contribution in [2.45, 2.75) is 95.6 Å². The fraction of sp³-hybridized carbons (Fsp3) is 0.696. The van der Waals surface area contributed by atoms with Crippen LogP contribution in [0.1, 0.15) is 75.7 Å². The number of hydrogen-bond donors (Lipinski definition) is 2. The molecule has 2 heterocycles. The van der Waals surface area contributed by atoms with Crippen LogP contribution in [0, 0.1) is 0 Å². The summed E-state index contributed by atoms with van der Waals surface area (Å²) in [5, 5.41) is 10.7. The van der Waals surface area contributed by atoms with Gasteiger partial charge in [0, 0.05) is 18.0 Å². The van der Waals surface area contributed by atoms with Gasteiger partial charge in [-0.3, -0.25) is 0 Å². The first-order valence-corrected chi connectivity index (χ1v) is 12.3. The van der Waals surface area contributed by atoms with E-state index in [2.05, 4.69) is 9.97 Å². The summed E-state index contributed by atoms with van der Waals surface area (Å²) in [6.45, 7) is 5.64. The van der Waals surface area contributed by atoms with Crippen molar-refractivity contribution in [2.75, 3.05) is 7.05 Å². The first-order valence-electron chi connectivity index (χ1n) is 11.4. The Morgan fingerprint density at radius 1 is 1.28 bits per heavy atom. The number of thiophene rings is 1.